The molecular weight excluding hydrogens is 166 g/mol. The zero-order valence-corrected chi connectivity index (χ0v) is 4.27. The highest BCUT2D eigenvalue weighted by Crippen LogP contribution is 1.69. The molecule has 0 aromatic carbocycles. The van der Waals surface area contributed by atoms with Crippen LogP contribution in [0.15, 0.2) is 0 Å². The van der Waals surface area contributed by atoms with Crippen LogP contribution in [0.2, 0.25) is 0 Å². The van der Waals surface area contributed by atoms with Crippen LogP contribution < -0.4 is 0 Å². The number of hydrogen-bond donors (Lipinski definition) is 1. The fourth-order valence-electron chi connectivity index (χ4n) is 0. The van der Waals surface area contributed by atoms with Crippen molar-refractivity contribution in [2.75, 3.05) is 4.33 Å². The zero-order chi connectivity index (χ0) is 3.41. The molecule has 0 saturated carbocycles. The van der Waals surface area contributed by atoms with E-state index < -0.39 is 0 Å². The molecule has 0 rings (SSSR count). The van der Waals surface area contributed by atoms with Crippen molar-refractivity contribution >= 4 is 30.1 Å². The summed E-state index contributed by atoms with van der Waals surface area (Å²) in [4.78, 5) is 0. The summed E-state index contributed by atoms with van der Waals surface area (Å²) < 4.78 is 0.720. The van der Waals surface area contributed by atoms with Gasteiger partial charge in [0.2, 0.25) is 0 Å². The molecule has 0 amide bonds. The van der Waals surface area contributed by atoms with E-state index in [1.165, 1.54) is 0 Å². The molecule has 0 saturated heterocycles. The standard InChI is InChI=1S/CH3BIO/c3-1-2-4/h4H,1H2. The quantitative estimate of drug-likeness (QED) is 0.332. The Morgan fingerprint density at radius 3 is 2.25 bits per heavy atom. The molecule has 1 nitrogen and oxygen atoms in total. The SMILES string of the molecule is O[B]CI. The maximum Gasteiger partial charge on any atom is 0.297 e. The number of alkyl halides is 1. The minimum absolute atomic E-state index is 0.720. The molecule has 0 fully saturated rings. The Morgan fingerprint density at radius 1 is 2.00 bits per heavy atom. The van der Waals surface area contributed by atoms with Crippen LogP contribution in [0.1, 0.15) is 0 Å². The van der Waals surface area contributed by atoms with Crippen molar-refractivity contribution in [3.05, 3.63) is 0 Å². The molecular formula is CH3BIO. The zero-order valence-electron chi connectivity index (χ0n) is 2.11. The largest absolute Gasteiger partial charge is 0.453 e. The van der Waals surface area contributed by atoms with Gasteiger partial charge in [0.1, 0.15) is 0 Å². The van der Waals surface area contributed by atoms with Gasteiger partial charge in [0.05, 0.1) is 0 Å². The maximum absolute atomic E-state index is 7.74. The van der Waals surface area contributed by atoms with Crippen molar-refractivity contribution < 1.29 is 5.02 Å². The Labute approximate surface area is 39.8 Å². The van der Waals surface area contributed by atoms with Gasteiger partial charge in [-0.3, -0.25) is 0 Å². The monoisotopic (exact) mass is 169 g/mol. The molecule has 1 radical (unpaired) electrons. The molecule has 0 unspecified atom stereocenters. The van der Waals surface area contributed by atoms with E-state index in [4.69, 9.17) is 5.02 Å². The van der Waals surface area contributed by atoms with Crippen LogP contribution in [0, 0.1) is 0 Å². The van der Waals surface area contributed by atoms with Gasteiger partial charge in [-0.25, -0.2) is 0 Å². The Balaban J connectivity index is 1.97. The normalized spacial score (nSPS) is 6.50. The minimum atomic E-state index is 0.720. The lowest BCUT2D eigenvalue weighted by atomic mass is 10.1. The first kappa shape index (κ1) is 4.75. The van der Waals surface area contributed by atoms with E-state index in [-0.39, 0.29) is 0 Å². The number of hydrogen-bond acceptors (Lipinski definition) is 1. The highest BCUT2D eigenvalue weighted by atomic mass is 127. The van der Waals surface area contributed by atoms with E-state index in [1.54, 1.807) is 0 Å². The molecule has 0 aromatic heterocycles. The highest BCUT2D eigenvalue weighted by molar-refractivity contribution is 14.1. The van der Waals surface area contributed by atoms with Crippen LogP contribution in [-0.2, 0) is 0 Å². The first-order valence-corrected chi connectivity index (χ1v) is 2.46. The molecule has 0 atom stereocenters. The van der Waals surface area contributed by atoms with Crippen molar-refractivity contribution in [2.45, 2.75) is 0 Å². The molecule has 1 N–H and O–H groups in total. The van der Waals surface area contributed by atoms with Crippen LogP contribution in [0.5, 0.6) is 0 Å². The van der Waals surface area contributed by atoms with Gasteiger partial charge >= 0.3 is 0 Å². The van der Waals surface area contributed by atoms with Crippen LogP contribution in [-0.4, -0.2) is 16.8 Å². The first-order valence-electron chi connectivity index (χ1n) is 0.934. The summed E-state index contributed by atoms with van der Waals surface area (Å²) in [5.41, 5.74) is 0. The topological polar surface area (TPSA) is 20.2 Å². The number of halogens is 1. The Bertz CT molecular complexity index is 10.0. The summed E-state index contributed by atoms with van der Waals surface area (Å²) in [5, 5.41) is 7.74. The molecule has 3 heteroatoms. The Hall–Kier alpha value is 0.755. The molecule has 0 aliphatic heterocycles. The third kappa shape index (κ3) is 2.75. The molecule has 0 heterocycles. The van der Waals surface area contributed by atoms with E-state index in [9.17, 15) is 0 Å². The average molecular weight is 169 g/mol. The third-order valence-corrected chi connectivity index (χ3v) is 0.463. The predicted molar refractivity (Wildman–Crippen MR) is 26.9 cm³/mol. The Kier molecular flexibility index (Phi) is 4.46. The van der Waals surface area contributed by atoms with Crippen LogP contribution in [0.3, 0.4) is 0 Å². The lowest BCUT2D eigenvalue weighted by molar-refractivity contribution is 0.609. The fourth-order valence-corrected chi connectivity index (χ4v) is 0. The van der Waals surface area contributed by atoms with Crippen molar-refractivity contribution in [1.29, 1.82) is 0 Å². The number of rotatable bonds is 1. The predicted octanol–water partition coefficient (Wildman–Crippen LogP) is -0.00960. The second-order valence-corrected chi connectivity index (χ2v) is 1.22. The minimum Gasteiger partial charge on any atom is -0.453 e. The summed E-state index contributed by atoms with van der Waals surface area (Å²) in [5.74, 6) is 0. The van der Waals surface area contributed by atoms with Gasteiger partial charge in [0.15, 0.2) is 0 Å². The lowest BCUT2D eigenvalue weighted by Gasteiger charge is -1.61. The molecule has 0 aliphatic carbocycles. The molecule has 0 aromatic rings. The van der Waals surface area contributed by atoms with E-state index in [1.807, 2.05) is 22.6 Å². The molecule has 0 bridgehead atoms. The average Bonchev–Trinajstić information content (AvgIpc) is 1.37. The van der Waals surface area contributed by atoms with Crippen LogP contribution in [0.25, 0.3) is 0 Å². The van der Waals surface area contributed by atoms with Gasteiger partial charge in [-0.2, -0.15) is 0 Å². The molecule has 23 valence electrons. The molecule has 0 spiro atoms. The van der Waals surface area contributed by atoms with E-state index in [0.717, 1.165) is 11.8 Å². The van der Waals surface area contributed by atoms with Gasteiger partial charge in [-0.15, -0.1) is 0 Å². The third-order valence-electron chi connectivity index (χ3n) is 0.0690. The van der Waals surface area contributed by atoms with Crippen molar-refractivity contribution in [2.24, 2.45) is 0 Å². The van der Waals surface area contributed by atoms with Crippen LogP contribution in [0.4, 0.5) is 0 Å². The van der Waals surface area contributed by atoms with Gasteiger partial charge in [-0.05, 0) is 0 Å². The lowest BCUT2D eigenvalue weighted by Crippen LogP contribution is -1.83. The van der Waals surface area contributed by atoms with Crippen molar-refractivity contribution in [1.82, 2.24) is 0 Å². The summed E-state index contributed by atoms with van der Waals surface area (Å²) in [6.07, 6.45) is 0. The summed E-state index contributed by atoms with van der Waals surface area (Å²) >= 11 is 2.05. The van der Waals surface area contributed by atoms with E-state index in [2.05, 4.69) is 0 Å². The van der Waals surface area contributed by atoms with Gasteiger partial charge in [0, 0.05) is 4.33 Å². The Morgan fingerprint density at radius 2 is 2.25 bits per heavy atom. The second-order valence-electron chi connectivity index (χ2n) is 0.337. The first-order chi connectivity index (χ1) is 1.91. The summed E-state index contributed by atoms with van der Waals surface area (Å²) in [6, 6.07) is 0. The van der Waals surface area contributed by atoms with Gasteiger partial charge in [0.25, 0.3) is 7.48 Å². The van der Waals surface area contributed by atoms with Crippen molar-refractivity contribution in [3.63, 3.8) is 0 Å². The summed E-state index contributed by atoms with van der Waals surface area (Å²) in [7, 11) is 1.11. The fraction of sp³-hybridized carbons (Fsp3) is 1.00. The van der Waals surface area contributed by atoms with Gasteiger partial charge < -0.3 is 5.02 Å². The molecule has 4 heavy (non-hydrogen) atoms. The summed E-state index contributed by atoms with van der Waals surface area (Å²) in [6.45, 7) is 0. The smallest absolute Gasteiger partial charge is 0.297 e. The maximum atomic E-state index is 7.74. The van der Waals surface area contributed by atoms with Gasteiger partial charge in [-0.1, -0.05) is 22.6 Å². The van der Waals surface area contributed by atoms with E-state index in [0.29, 0.717) is 0 Å². The second kappa shape index (κ2) is 3.75. The molecule has 0 aliphatic rings. The van der Waals surface area contributed by atoms with E-state index >= 15 is 0 Å². The highest BCUT2D eigenvalue weighted by Gasteiger charge is 1.67. The van der Waals surface area contributed by atoms with Crippen molar-refractivity contribution in [3.8, 4) is 0 Å². The van der Waals surface area contributed by atoms with Crippen LogP contribution >= 0.6 is 22.6 Å².